The lowest BCUT2D eigenvalue weighted by Crippen LogP contribution is -2.41. The minimum Gasteiger partial charge on any atom is -0.496 e. The number of ether oxygens (including phenoxy) is 1. The fourth-order valence-electron chi connectivity index (χ4n) is 6.21. The van der Waals surface area contributed by atoms with E-state index in [2.05, 4.69) is 35.3 Å². The molecule has 1 N–H and O–H groups in total. The predicted molar refractivity (Wildman–Crippen MR) is 149 cm³/mol. The van der Waals surface area contributed by atoms with E-state index in [1.165, 1.54) is 11.1 Å². The van der Waals surface area contributed by atoms with Crippen LogP contribution in [0.15, 0.2) is 48.7 Å². The maximum atomic E-state index is 13.9. The highest BCUT2D eigenvalue weighted by molar-refractivity contribution is 5.95. The van der Waals surface area contributed by atoms with E-state index in [-0.39, 0.29) is 17.9 Å². The van der Waals surface area contributed by atoms with Gasteiger partial charge < -0.3 is 14.7 Å². The van der Waals surface area contributed by atoms with Gasteiger partial charge in [-0.1, -0.05) is 18.2 Å². The van der Waals surface area contributed by atoms with Crippen molar-refractivity contribution in [2.24, 2.45) is 11.8 Å². The summed E-state index contributed by atoms with van der Waals surface area (Å²) >= 11 is 0. The number of carbonyl (C=O) groups is 1. The highest BCUT2D eigenvalue weighted by Gasteiger charge is 2.32. The Kier molecular flexibility index (Phi) is 8.12. The lowest BCUT2D eigenvalue weighted by molar-refractivity contribution is -0.124. The number of anilines is 1. The Labute approximate surface area is 225 Å². The van der Waals surface area contributed by atoms with Crippen molar-refractivity contribution < 1.29 is 14.6 Å². The van der Waals surface area contributed by atoms with Crippen molar-refractivity contribution in [3.05, 3.63) is 65.5 Å². The number of nitrogens with zero attached hydrogens (tertiary/aromatic N) is 4. The number of hydrogen-bond donors (Lipinski definition) is 1. The summed E-state index contributed by atoms with van der Waals surface area (Å²) in [4.78, 5) is 17.6. The minimum atomic E-state index is -0.276. The Hall–Kier alpha value is -3.19. The van der Waals surface area contributed by atoms with E-state index < -0.39 is 0 Å². The van der Waals surface area contributed by atoms with E-state index in [1.807, 2.05) is 36.1 Å². The molecule has 7 heteroatoms. The van der Waals surface area contributed by atoms with Gasteiger partial charge in [0.05, 0.1) is 30.8 Å². The standard InChI is InChI=1S/C31H40N4O3/c1-21-17-26(13-16-30(21)38-3)24-9-7-23(8-10-24)20-34(31(37)25-11-14-29(36)15-12-25)27-5-4-6-28(18-27)35-32-19-22(2)33-35/h4-6,13,16-19,23-25,29,36H,7-12,14-15,20H2,1-3H3. The van der Waals surface area contributed by atoms with Crippen LogP contribution < -0.4 is 9.64 Å². The van der Waals surface area contributed by atoms with Crippen LogP contribution in [0.2, 0.25) is 0 Å². The average molecular weight is 517 g/mol. The van der Waals surface area contributed by atoms with Gasteiger partial charge in [0, 0.05) is 18.2 Å². The number of amides is 1. The summed E-state index contributed by atoms with van der Waals surface area (Å²) in [5.41, 5.74) is 5.19. The van der Waals surface area contributed by atoms with Crippen molar-refractivity contribution >= 4 is 11.6 Å². The number of benzene rings is 2. The molecule has 0 spiro atoms. The van der Waals surface area contributed by atoms with E-state index in [0.717, 1.165) is 67.9 Å². The van der Waals surface area contributed by atoms with E-state index in [1.54, 1.807) is 18.1 Å². The van der Waals surface area contributed by atoms with Crippen LogP contribution in [0.4, 0.5) is 5.69 Å². The highest BCUT2D eigenvalue weighted by atomic mass is 16.5. The number of rotatable bonds is 7. The third kappa shape index (κ3) is 5.93. The first-order chi connectivity index (χ1) is 18.4. The molecule has 38 heavy (non-hydrogen) atoms. The van der Waals surface area contributed by atoms with Gasteiger partial charge in [0.1, 0.15) is 5.75 Å². The van der Waals surface area contributed by atoms with Crippen LogP contribution in [-0.4, -0.2) is 45.8 Å². The van der Waals surface area contributed by atoms with Gasteiger partial charge in [0.2, 0.25) is 5.91 Å². The zero-order valence-electron chi connectivity index (χ0n) is 22.8. The molecule has 1 aromatic heterocycles. The lowest BCUT2D eigenvalue weighted by atomic mass is 9.78. The van der Waals surface area contributed by atoms with Gasteiger partial charge in [-0.05, 0) is 112 Å². The summed E-state index contributed by atoms with van der Waals surface area (Å²) < 4.78 is 5.45. The molecule has 2 aliphatic rings. The van der Waals surface area contributed by atoms with Gasteiger partial charge in [-0.25, -0.2) is 0 Å². The lowest BCUT2D eigenvalue weighted by Gasteiger charge is -2.36. The quantitative estimate of drug-likeness (QED) is 0.432. The van der Waals surface area contributed by atoms with Crippen molar-refractivity contribution in [3.63, 3.8) is 0 Å². The van der Waals surface area contributed by atoms with Gasteiger partial charge in [0.15, 0.2) is 0 Å². The van der Waals surface area contributed by atoms with Crippen LogP contribution >= 0.6 is 0 Å². The Morgan fingerprint density at radius 2 is 1.79 bits per heavy atom. The zero-order valence-corrected chi connectivity index (χ0v) is 22.8. The van der Waals surface area contributed by atoms with Crippen molar-refractivity contribution in [1.82, 2.24) is 15.0 Å². The van der Waals surface area contributed by atoms with Gasteiger partial charge in [-0.3, -0.25) is 4.79 Å². The van der Waals surface area contributed by atoms with Crippen LogP contribution in [-0.2, 0) is 4.79 Å². The van der Waals surface area contributed by atoms with Crippen molar-refractivity contribution in [1.29, 1.82) is 0 Å². The van der Waals surface area contributed by atoms with Crippen LogP contribution in [0.3, 0.4) is 0 Å². The third-order valence-electron chi connectivity index (χ3n) is 8.47. The highest BCUT2D eigenvalue weighted by Crippen LogP contribution is 2.38. The monoisotopic (exact) mass is 516 g/mol. The molecule has 7 nitrogen and oxygen atoms in total. The Morgan fingerprint density at radius 3 is 2.45 bits per heavy atom. The molecule has 1 amide bonds. The zero-order chi connectivity index (χ0) is 26.6. The van der Waals surface area contributed by atoms with E-state index in [4.69, 9.17) is 4.74 Å². The normalized spacial score (nSPS) is 23.7. The third-order valence-corrected chi connectivity index (χ3v) is 8.47. The van der Waals surface area contributed by atoms with Crippen LogP contribution in [0, 0.1) is 25.7 Å². The maximum absolute atomic E-state index is 13.9. The molecule has 0 bridgehead atoms. The number of carbonyl (C=O) groups excluding carboxylic acids is 1. The second kappa shape index (κ2) is 11.7. The SMILES string of the molecule is COc1ccc(C2CCC(CN(C(=O)C3CCC(O)CC3)c3cccc(-n4ncc(C)n4)c3)CC2)cc1C. The maximum Gasteiger partial charge on any atom is 0.230 e. The van der Waals surface area contributed by atoms with Gasteiger partial charge >= 0.3 is 0 Å². The van der Waals surface area contributed by atoms with Crippen LogP contribution in [0.25, 0.3) is 5.69 Å². The van der Waals surface area contributed by atoms with Crippen LogP contribution in [0.5, 0.6) is 5.75 Å². The van der Waals surface area contributed by atoms with Crippen molar-refractivity contribution in [2.75, 3.05) is 18.6 Å². The number of methoxy groups -OCH3 is 1. The Balaban J connectivity index is 1.32. The molecule has 0 saturated heterocycles. The van der Waals surface area contributed by atoms with Crippen LogP contribution in [0.1, 0.15) is 74.1 Å². The molecule has 0 unspecified atom stereocenters. The molecule has 2 aromatic carbocycles. The molecule has 202 valence electrons. The molecule has 1 heterocycles. The number of aliphatic hydroxyl groups excluding tert-OH is 1. The van der Waals surface area contributed by atoms with Gasteiger partial charge in [0.25, 0.3) is 0 Å². The summed E-state index contributed by atoms with van der Waals surface area (Å²) in [5, 5.41) is 18.8. The van der Waals surface area contributed by atoms with Crippen molar-refractivity contribution in [3.8, 4) is 11.4 Å². The molecule has 0 radical (unpaired) electrons. The summed E-state index contributed by atoms with van der Waals surface area (Å²) in [7, 11) is 1.72. The first kappa shape index (κ1) is 26.4. The molecule has 2 saturated carbocycles. The molecule has 0 aliphatic heterocycles. The number of aliphatic hydroxyl groups is 1. The molecule has 0 atom stereocenters. The second-order valence-electron chi connectivity index (χ2n) is 11.2. The van der Waals surface area contributed by atoms with Crippen molar-refractivity contribution in [2.45, 2.75) is 77.2 Å². The number of aromatic nitrogens is 3. The first-order valence-electron chi connectivity index (χ1n) is 14.0. The molecular weight excluding hydrogens is 476 g/mol. The smallest absolute Gasteiger partial charge is 0.230 e. The first-order valence-corrected chi connectivity index (χ1v) is 14.0. The van der Waals surface area contributed by atoms with E-state index >= 15 is 0 Å². The Bertz CT molecular complexity index is 1240. The van der Waals surface area contributed by atoms with E-state index in [0.29, 0.717) is 24.7 Å². The summed E-state index contributed by atoms with van der Waals surface area (Å²) in [6.45, 7) is 4.75. The summed E-state index contributed by atoms with van der Waals surface area (Å²) in [5.74, 6) is 2.10. The topological polar surface area (TPSA) is 80.5 Å². The second-order valence-corrected chi connectivity index (χ2v) is 11.2. The molecule has 3 aromatic rings. The predicted octanol–water partition coefficient (Wildman–Crippen LogP) is 5.75. The molecule has 2 aliphatic carbocycles. The largest absolute Gasteiger partial charge is 0.496 e. The Morgan fingerprint density at radius 1 is 1.03 bits per heavy atom. The van der Waals surface area contributed by atoms with E-state index in [9.17, 15) is 9.90 Å². The molecular formula is C31H40N4O3. The fourth-order valence-corrected chi connectivity index (χ4v) is 6.21. The fraction of sp³-hybridized carbons (Fsp3) is 0.516. The summed E-state index contributed by atoms with van der Waals surface area (Å²) in [6.07, 6.45) is 8.83. The number of hydrogen-bond acceptors (Lipinski definition) is 5. The van der Waals surface area contributed by atoms with Gasteiger partial charge in [-0.15, -0.1) is 0 Å². The average Bonchev–Trinajstić information content (AvgIpc) is 3.38. The van der Waals surface area contributed by atoms with Gasteiger partial charge in [-0.2, -0.15) is 15.0 Å². The summed E-state index contributed by atoms with van der Waals surface area (Å²) in [6, 6.07) is 14.6. The number of aryl methyl sites for hydroxylation is 2. The molecule has 5 rings (SSSR count). The minimum absolute atomic E-state index is 0.0363. The molecule has 2 fully saturated rings.